The monoisotopic (exact) mass is 252 g/mol. The Bertz CT molecular complexity index is 186. The van der Waals surface area contributed by atoms with Gasteiger partial charge in [-0.05, 0) is 13.3 Å². The topological polar surface area (TPSA) is 32.3 Å². The molecule has 0 aromatic heterocycles. The third kappa shape index (κ3) is 4.62. The zero-order valence-corrected chi connectivity index (χ0v) is 11.1. The summed E-state index contributed by atoms with van der Waals surface area (Å²) in [5, 5.41) is 3.22. The lowest BCUT2D eigenvalue weighted by Gasteiger charge is -2.23. The van der Waals surface area contributed by atoms with Gasteiger partial charge >= 0.3 is 0 Å². The Balaban J connectivity index is 0.00000196. The molecule has 5 heteroatoms. The van der Waals surface area contributed by atoms with Gasteiger partial charge in [-0.3, -0.25) is 10.1 Å². The van der Waals surface area contributed by atoms with Crippen molar-refractivity contribution in [2.75, 3.05) is 24.7 Å². The number of carbonyl (C=O) groups excluding carboxylic acids is 1. The van der Waals surface area contributed by atoms with Gasteiger partial charge in [0, 0.05) is 24.7 Å². The van der Waals surface area contributed by atoms with E-state index in [4.69, 9.17) is 0 Å². The Morgan fingerprint density at radius 3 is 2.73 bits per heavy atom. The summed E-state index contributed by atoms with van der Waals surface area (Å²) in [5.41, 5.74) is 0. The summed E-state index contributed by atoms with van der Waals surface area (Å²) in [5.74, 6) is 2.13. The second-order valence-corrected chi connectivity index (χ2v) is 4.57. The van der Waals surface area contributed by atoms with E-state index in [1.807, 2.05) is 4.90 Å². The predicted octanol–water partition coefficient (Wildman–Crippen LogP) is 1.72. The van der Waals surface area contributed by atoms with E-state index in [-0.39, 0.29) is 24.4 Å². The van der Waals surface area contributed by atoms with Crippen LogP contribution < -0.4 is 5.32 Å². The molecule has 1 fully saturated rings. The second kappa shape index (κ2) is 8.25. The summed E-state index contributed by atoms with van der Waals surface area (Å²) in [6.07, 6.45) is 2.26. The van der Waals surface area contributed by atoms with Gasteiger partial charge < -0.3 is 4.90 Å². The molecule has 1 N–H and O–H groups in total. The molecule has 0 spiro atoms. The fourth-order valence-electron chi connectivity index (χ4n) is 1.55. The number of thioether (sulfide) groups is 1. The Kier molecular flexibility index (Phi) is 8.29. The van der Waals surface area contributed by atoms with Crippen molar-refractivity contribution in [2.24, 2.45) is 0 Å². The summed E-state index contributed by atoms with van der Waals surface area (Å²) in [6, 6.07) is 0.0665. The fourth-order valence-corrected chi connectivity index (χ4v) is 2.48. The molecule has 0 radical (unpaired) electrons. The number of carbonyl (C=O) groups is 1. The van der Waals surface area contributed by atoms with Crippen molar-refractivity contribution in [2.45, 2.75) is 32.7 Å². The van der Waals surface area contributed by atoms with Gasteiger partial charge in [-0.15, -0.1) is 24.2 Å². The van der Waals surface area contributed by atoms with Crippen LogP contribution in [0.15, 0.2) is 0 Å². The molecule has 3 nitrogen and oxygen atoms in total. The van der Waals surface area contributed by atoms with Gasteiger partial charge in [0.2, 0.25) is 5.91 Å². The van der Waals surface area contributed by atoms with Crippen LogP contribution in [0.25, 0.3) is 0 Å². The van der Waals surface area contributed by atoms with Gasteiger partial charge in [0.15, 0.2) is 0 Å². The first-order valence-corrected chi connectivity index (χ1v) is 6.55. The molecule has 15 heavy (non-hydrogen) atoms. The maximum atomic E-state index is 11.9. The lowest BCUT2D eigenvalue weighted by molar-refractivity contribution is -0.132. The van der Waals surface area contributed by atoms with E-state index in [9.17, 15) is 4.79 Å². The molecule has 1 aliphatic heterocycles. The normalized spacial score (nSPS) is 19.7. The second-order valence-electron chi connectivity index (χ2n) is 3.54. The van der Waals surface area contributed by atoms with E-state index in [0.717, 1.165) is 37.6 Å². The zero-order valence-electron chi connectivity index (χ0n) is 9.49. The minimum atomic E-state index is 0. The number of halogens is 1. The van der Waals surface area contributed by atoms with Gasteiger partial charge in [0.25, 0.3) is 0 Å². The average molecular weight is 253 g/mol. The van der Waals surface area contributed by atoms with Crippen molar-refractivity contribution < 1.29 is 4.79 Å². The van der Waals surface area contributed by atoms with Crippen LogP contribution in [0, 0.1) is 0 Å². The van der Waals surface area contributed by atoms with Gasteiger partial charge in [0.05, 0.1) is 6.04 Å². The van der Waals surface area contributed by atoms with Crippen molar-refractivity contribution in [3.8, 4) is 0 Å². The number of hydrogen-bond acceptors (Lipinski definition) is 3. The molecule has 1 saturated heterocycles. The lowest BCUT2D eigenvalue weighted by Crippen LogP contribution is -2.45. The highest BCUT2D eigenvalue weighted by Gasteiger charge is 2.25. The molecule has 1 rings (SSSR count). The summed E-state index contributed by atoms with van der Waals surface area (Å²) in [6.45, 7) is 5.95. The first-order valence-electron chi connectivity index (χ1n) is 5.39. The van der Waals surface area contributed by atoms with Gasteiger partial charge in [-0.2, -0.15) is 0 Å². The molecular weight excluding hydrogens is 232 g/mol. The maximum absolute atomic E-state index is 11.9. The number of nitrogens with one attached hydrogen (secondary N) is 1. The number of nitrogens with zero attached hydrogens (tertiary/aromatic N) is 1. The van der Waals surface area contributed by atoms with Gasteiger partial charge in [-0.1, -0.05) is 13.3 Å². The maximum Gasteiger partial charge on any atom is 0.240 e. The third-order valence-electron chi connectivity index (χ3n) is 2.49. The molecule has 1 amide bonds. The number of rotatable bonds is 5. The molecule has 1 aliphatic rings. The molecular formula is C10H21ClN2OS. The molecule has 0 saturated carbocycles. The fraction of sp³-hybridized carbons (Fsp3) is 0.900. The summed E-state index contributed by atoms with van der Waals surface area (Å²) in [4.78, 5) is 13.9. The first kappa shape index (κ1) is 15.1. The van der Waals surface area contributed by atoms with Crippen molar-refractivity contribution >= 4 is 30.1 Å². The predicted molar refractivity (Wildman–Crippen MR) is 68.7 cm³/mol. The quantitative estimate of drug-likeness (QED) is 0.809. The highest BCUT2D eigenvalue weighted by Crippen LogP contribution is 2.12. The molecule has 0 bridgehead atoms. The lowest BCUT2D eigenvalue weighted by atomic mass is 10.2. The standard InChI is InChI=1S/C10H20N2OS.ClH/c1-3-5-6-12(4-2)10(13)9-7-14-8-11-9;/h9,11H,3-8H2,1-2H3;1H. The van der Waals surface area contributed by atoms with Crippen LogP contribution in [0.4, 0.5) is 0 Å². The largest absolute Gasteiger partial charge is 0.342 e. The molecule has 1 heterocycles. The SMILES string of the molecule is CCCCN(CC)C(=O)C1CSCN1.Cl. The minimum absolute atomic E-state index is 0. The van der Waals surface area contributed by atoms with E-state index >= 15 is 0 Å². The average Bonchev–Trinajstić information content (AvgIpc) is 2.71. The Morgan fingerprint density at radius 1 is 1.53 bits per heavy atom. The van der Waals surface area contributed by atoms with Crippen LogP contribution in [-0.2, 0) is 4.79 Å². The van der Waals surface area contributed by atoms with Crippen molar-refractivity contribution in [3.63, 3.8) is 0 Å². The van der Waals surface area contributed by atoms with Crippen molar-refractivity contribution in [1.29, 1.82) is 0 Å². The first-order chi connectivity index (χ1) is 6.79. The number of hydrogen-bond donors (Lipinski definition) is 1. The number of unbranched alkanes of at least 4 members (excludes halogenated alkanes) is 1. The van der Waals surface area contributed by atoms with Crippen LogP contribution in [0.1, 0.15) is 26.7 Å². The van der Waals surface area contributed by atoms with E-state index in [1.54, 1.807) is 11.8 Å². The van der Waals surface area contributed by atoms with Crippen molar-refractivity contribution in [3.05, 3.63) is 0 Å². The molecule has 90 valence electrons. The Labute approximate surface area is 103 Å². The van der Waals surface area contributed by atoms with E-state index in [2.05, 4.69) is 19.2 Å². The van der Waals surface area contributed by atoms with E-state index in [0.29, 0.717) is 0 Å². The molecule has 1 atom stereocenters. The minimum Gasteiger partial charge on any atom is -0.342 e. The summed E-state index contributed by atoms with van der Waals surface area (Å²) >= 11 is 1.80. The molecule has 0 aromatic carbocycles. The van der Waals surface area contributed by atoms with E-state index < -0.39 is 0 Å². The Hall–Kier alpha value is 0.0700. The highest BCUT2D eigenvalue weighted by molar-refractivity contribution is 7.99. The highest BCUT2D eigenvalue weighted by atomic mass is 35.5. The van der Waals surface area contributed by atoms with Crippen LogP contribution in [-0.4, -0.2) is 41.6 Å². The van der Waals surface area contributed by atoms with Crippen LogP contribution >= 0.6 is 24.2 Å². The van der Waals surface area contributed by atoms with Crippen molar-refractivity contribution in [1.82, 2.24) is 10.2 Å². The van der Waals surface area contributed by atoms with Crippen LogP contribution in [0.3, 0.4) is 0 Å². The van der Waals surface area contributed by atoms with Crippen LogP contribution in [0.2, 0.25) is 0 Å². The summed E-state index contributed by atoms with van der Waals surface area (Å²) < 4.78 is 0. The smallest absolute Gasteiger partial charge is 0.240 e. The number of amides is 1. The zero-order chi connectivity index (χ0) is 10.4. The van der Waals surface area contributed by atoms with Crippen LogP contribution in [0.5, 0.6) is 0 Å². The number of likely N-dealkylation sites (N-methyl/N-ethyl adjacent to an activating group) is 1. The summed E-state index contributed by atoms with van der Waals surface area (Å²) in [7, 11) is 0. The molecule has 0 aliphatic carbocycles. The Morgan fingerprint density at radius 2 is 2.27 bits per heavy atom. The van der Waals surface area contributed by atoms with E-state index in [1.165, 1.54) is 0 Å². The third-order valence-corrected chi connectivity index (χ3v) is 3.43. The van der Waals surface area contributed by atoms with Gasteiger partial charge in [0.1, 0.15) is 0 Å². The van der Waals surface area contributed by atoms with Gasteiger partial charge in [-0.25, -0.2) is 0 Å². The molecule has 0 aromatic rings. The molecule has 1 unspecified atom stereocenters.